The molecule has 3 heteroatoms. The highest BCUT2D eigenvalue weighted by Crippen LogP contribution is 2.10. The van der Waals surface area contributed by atoms with E-state index < -0.39 is 5.79 Å². The molecule has 0 bridgehead atoms. The van der Waals surface area contributed by atoms with Crippen LogP contribution in [0, 0.1) is 0 Å². The van der Waals surface area contributed by atoms with Gasteiger partial charge < -0.3 is 9.84 Å². The average molecular weight is 206 g/mol. The number of aliphatic hydroxyl groups is 1. The van der Waals surface area contributed by atoms with Crippen molar-refractivity contribution in [3.05, 3.63) is 41.5 Å². The van der Waals surface area contributed by atoms with E-state index in [1.165, 1.54) is 7.11 Å². The number of benzene rings is 1. The van der Waals surface area contributed by atoms with Gasteiger partial charge in [-0.05, 0) is 18.6 Å². The first-order chi connectivity index (χ1) is 7.07. The molecular weight excluding hydrogens is 192 g/mol. The maximum atomic E-state index is 10.4. The Kier molecular flexibility index (Phi) is 3.77. The molecule has 0 heterocycles. The van der Waals surface area contributed by atoms with E-state index in [2.05, 4.69) is 0 Å². The number of rotatable bonds is 4. The number of ether oxygens (including phenoxy) is 1. The van der Waals surface area contributed by atoms with Gasteiger partial charge in [0.15, 0.2) is 5.79 Å². The van der Waals surface area contributed by atoms with Gasteiger partial charge in [0.25, 0.3) is 0 Å². The predicted octanol–water partition coefficient (Wildman–Crippen LogP) is 1.87. The third-order valence-corrected chi connectivity index (χ3v) is 2.07. The molecule has 1 N–H and O–H groups in total. The Labute approximate surface area is 89.0 Å². The maximum absolute atomic E-state index is 10.4. The molecule has 0 saturated carbocycles. The average Bonchev–Trinajstić information content (AvgIpc) is 2.27. The van der Waals surface area contributed by atoms with Crippen LogP contribution in [0.5, 0.6) is 0 Å². The van der Waals surface area contributed by atoms with Crippen molar-refractivity contribution in [2.45, 2.75) is 12.7 Å². The summed E-state index contributed by atoms with van der Waals surface area (Å²) < 4.78 is 4.82. The van der Waals surface area contributed by atoms with Crippen LogP contribution in [0.2, 0.25) is 0 Å². The van der Waals surface area contributed by atoms with Crippen molar-refractivity contribution in [1.29, 1.82) is 0 Å². The standard InChI is InChI=1S/C12H14O3/c1-12(14,15-2)8-7-10-3-5-11(9-13)6-4-10/h3-9,14H,1-2H3/b8-7+. The van der Waals surface area contributed by atoms with Crippen LogP contribution < -0.4 is 0 Å². The summed E-state index contributed by atoms with van der Waals surface area (Å²) in [6.45, 7) is 1.54. The van der Waals surface area contributed by atoms with Crippen LogP contribution in [0.15, 0.2) is 30.3 Å². The summed E-state index contributed by atoms with van der Waals surface area (Å²) in [6.07, 6.45) is 4.07. The molecule has 1 aromatic carbocycles. The SMILES string of the molecule is COC(C)(O)/C=C/c1ccc(C=O)cc1. The molecule has 0 aliphatic rings. The fraction of sp³-hybridized carbons (Fsp3) is 0.250. The summed E-state index contributed by atoms with van der Waals surface area (Å²) in [7, 11) is 1.43. The smallest absolute Gasteiger partial charge is 0.182 e. The molecule has 1 atom stereocenters. The molecular formula is C12H14O3. The zero-order valence-electron chi connectivity index (χ0n) is 8.81. The largest absolute Gasteiger partial charge is 0.362 e. The van der Waals surface area contributed by atoms with Crippen LogP contribution in [0.1, 0.15) is 22.8 Å². The third kappa shape index (κ3) is 3.65. The molecule has 0 aromatic heterocycles. The van der Waals surface area contributed by atoms with Gasteiger partial charge in [-0.1, -0.05) is 30.3 Å². The molecule has 1 rings (SSSR count). The van der Waals surface area contributed by atoms with E-state index in [0.29, 0.717) is 5.56 Å². The number of hydrogen-bond donors (Lipinski definition) is 1. The van der Waals surface area contributed by atoms with E-state index in [1.807, 2.05) is 0 Å². The van der Waals surface area contributed by atoms with Crippen LogP contribution in [0.25, 0.3) is 6.08 Å². The van der Waals surface area contributed by atoms with Crippen molar-refractivity contribution in [2.75, 3.05) is 7.11 Å². The highest BCUT2D eigenvalue weighted by atomic mass is 16.6. The molecule has 15 heavy (non-hydrogen) atoms. The number of methoxy groups -OCH3 is 1. The van der Waals surface area contributed by atoms with Crippen LogP contribution in [0.3, 0.4) is 0 Å². The van der Waals surface area contributed by atoms with Gasteiger partial charge in [-0.3, -0.25) is 4.79 Å². The molecule has 0 saturated heterocycles. The van der Waals surface area contributed by atoms with Gasteiger partial charge in [-0.15, -0.1) is 0 Å². The topological polar surface area (TPSA) is 46.5 Å². The van der Waals surface area contributed by atoms with Gasteiger partial charge in [0.1, 0.15) is 6.29 Å². The van der Waals surface area contributed by atoms with Gasteiger partial charge in [-0.25, -0.2) is 0 Å². The Morgan fingerprint density at radius 3 is 2.27 bits per heavy atom. The first kappa shape index (κ1) is 11.6. The summed E-state index contributed by atoms with van der Waals surface area (Å²) in [6, 6.07) is 7.03. The Balaban J connectivity index is 2.77. The van der Waals surface area contributed by atoms with Gasteiger partial charge in [0, 0.05) is 12.7 Å². The van der Waals surface area contributed by atoms with Crippen molar-refractivity contribution in [3.8, 4) is 0 Å². The zero-order valence-corrected chi connectivity index (χ0v) is 8.81. The number of carbonyl (C=O) groups excluding carboxylic acids is 1. The van der Waals surface area contributed by atoms with Gasteiger partial charge >= 0.3 is 0 Å². The molecule has 0 spiro atoms. The molecule has 0 amide bonds. The molecule has 0 aliphatic heterocycles. The Morgan fingerprint density at radius 2 is 1.80 bits per heavy atom. The van der Waals surface area contributed by atoms with Gasteiger partial charge in [0.05, 0.1) is 0 Å². The maximum Gasteiger partial charge on any atom is 0.182 e. The van der Waals surface area contributed by atoms with E-state index in [0.717, 1.165) is 11.8 Å². The molecule has 1 aromatic rings. The summed E-state index contributed by atoms with van der Waals surface area (Å²) in [5, 5.41) is 9.52. The molecule has 0 fully saturated rings. The minimum Gasteiger partial charge on any atom is -0.362 e. The summed E-state index contributed by atoms with van der Waals surface area (Å²) >= 11 is 0. The lowest BCUT2D eigenvalue weighted by molar-refractivity contribution is -0.130. The first-order valence-corrected chi connectivity index (χ1v) is 4.59. The van der Waals surface area contributed by atoms with E-state index in [4.69, 9.17) is 4.74 Å². The minimum absolute atomic E-state index is 0.630. The Hall–Kier alpha value is -1.45. The first-order valence-electron chi connectivity index (χ1n) is 4.59. The lowest BCUT2D eigenvalue weighted by atomic mass is 10.1. The minimum atomic E-state index is -1.26. The monoisotopic (exact) mass is 206 g/mol. The second kappa shape index (κ2) is 4.87. The highest BCUT2D eigenvalue weighted by molar-refractivity contribution is 5.75. The van der Waals surface area contributed by atoms with Crippen molar-refractivity contribution in [3.63, 3.8) is 0 Å². The van der Waals surface area contributed by atoms with Crippen molar-refractivity contribution >= 4 is 12.4 Å². The highest BCUT2D eigenvalue weighted by Gasteiger charge is 2.12. The van der Waals surface area contributed by atoms with Crippen molar-refractivity contribution < 1.29 is 14.6 Å². The quantitative estimate of drug-likeness (QED) is 0.604. The molecule has 80 valence electrons. The number of carbonyl (C=O) groups is 1. The molecule has 0 radical (unpaired) electrons. The number of aldehydes is 1. The fourth-order valence-corrected chi connectivity index (χ4v) is 1.00. The third-order valence-electron chi connectivity index (χ3n) is 2.07. The lowest BCUT2D eigenvalue weighted by Gasteiger charge is -2.15. The summed E-state index contributed by atoms with van der Waals surface area (Å²) in [5.74, 6) is -1.26. The van der Waals surface area contributed by atoms with Crippen LogP contribution in [0.4, 0.5) is 0 Å². The molecule has 0 aliphatic carbocycles. The Bertz CT molecular complexity index is 350. The van der Waals surface area contributed by atoms with E-state index in [-0.39, 0.29) is 0 Å². The predicted molar refractivity (Wildman–Crippen MR) is 58.5 cm³/mol. The van der Waals surface area contributed by atoms with Gasteiger partial charge in [-0.2, -0.15) is 0 Å². The van der Waals surface area contributed by atoms with E-state index in [9.17, 15) is 9.90 Å². The summed E-state index contributed by atoms with van der Waals surface area (Å²) in [5.41, 5.74) is 1.53. The normalized spacial score (nSPS) is 15.1. The van der Waals surface area contributed by atoms with Crippen molar-refractivity contribution in [2.24, 2.45) is 0 Å². The van der Waals surface area contributed by atoms with Crippen LogP contribution >= 0.6 is 0 Å². The van der Waals surface area contributed by atoms with Crippen LogP contribution in [-0.2, 0) is 4.74 Å². The van der Waals surface area contributed by atoms with Gasteiger partial charge in [0.2, 0.25) is 0 Å². The zero-order chi connectivity index (χ0) is 11.3. The molecule has 1 unspecified atom stereocenters. The number of hydrogen-bond acceptors (Lipinski definition) is 3. The second-order valence-electron chi connectivity index (χ2n) is 3.38. The molecule has 3 nitrogen and oxygen atoms in total. The Morgan fingerprint density at radius 1 is 1.27 bits per heavy atom. The summed E-state index contributed by atoms with van der Waals surface area (Å²) in [4.78, 5) is 10.4. The second-order valence-corrected chi connectivity index (χ2v) is 3.38. The van der Waals surface area contributed by atoms with E-state index in [1.54, 1.807) is 43.3 Å². The van der Waals surface area contributed by atoms with E-state index >= 15 is 0 Å². The van der Waals surface area contributed by atoms with Crippen LogP contribution in [-0.4, -0.2) is 24.3 Å². The lowest BCUT2D eigenvalue weighted by Crippen LogP contribution is -2.22. The van der Waals surface area contributed by atoms with Crippen molar-refractivity contribution in [1.82, 2.24) is 0 Å². The fourth-order valence-electron chi connectivity index (χ4n) is 1.00.